The lowest BCUT2D eigenvalue weighted by molar-refractivity contribution is 1.47. The van der Waals surface area contributed by atoms with E-state index >= 15 is 0 Å². The number of hydrogen-bond donors (Lipinski definition) is 0. The predicted molar refractivity (Wildman–Crippen MR) is 69.3 cm³/mol. The topological polar surface area (TPSA) is 23.8 Å². The minimum Gasteiger partial charge on any atom is -0.192 e. The van der Waals surface area contributed by atoms with Gasteiger partial charge in [0.2, 0.25) is 0 Å². The van der Waals surface area contributed by atoms with Gasteiger partial charge in [-0.1, -0.05) is 39.7 Å². The number of nitrogens with zero attached hydrogens (tertiary/aromatic N) is 1. The second-order valence-corrected chi connectivity index (χ2v) is 4.60. The Morgan fingerprint density at radius 2 is 1.75 bits per heavy atom. The number of rotatable bonds is 1. The third-order valence-corrected chi connectivity index (χ3v) is 3.19. The van der Waals surface area contributed by atoms with Crippen LogP contribution in [0.25, 0.3) is 11.1 Å². The van der Waals surface area contributed by atoms with E-state index < -0.39 is 0 Å². The summed E-state index contributed by atoms with van der Waals surface area (Å²) in [5.74, 6) is 0. The molecule has 2 aromatic carbocycles. The highest BCUT2D eigenvalue weighted by Gasteiger charge is 2.04. The van der Waals surface area contributed by atoms with Gasteiger partial charge in [0.1, 0.15) is 0 Å². The normalized spacial score (nSPS) is 9.81. The molecule has 2 rings (SSSR count). The Bertz CT molecular complexity index is 555. The van der Waals surface area contributed by atoms with Crippen LogP contribution in [-0.2, 0) is 0 Å². The molecule has 0 spiro atoms. The molecule has 0 saturated heterocycles. The average Bonchev–Trinajstić information content (AvgIpc) is 2.31. The van der Waals surface area contributed by atoms with E-state index in [0.717, 1.165) is 15.6 Å². The lowest BCUT2D eigenvalue weighted by atomic mass is 10.0. The molecule has 16 heavy (non-hydrogen) atoms. The van der Waals surface area contributed by atoms with Crippen LogP contribution in [0.15, 0.2) is 46.9 Å². The lowest BCUT2D eigenvalue weighted by Gasteiger charge is -2.05. The van der Waals surface area contributed by atoms with E-state index in [1.54, 1.807) is 6.07 Å². The van der Waals surface area contributed by atoms with Crippen LogP contribution in [0, 0.1) is 11.3 Å². The summed E-state index contributed by atoms with van der Waals surface area (Å²) in [6, 6.07) is 15.2. The Labute approximate surface area is 107 Å². The molecule has 0 N–H and O–H groups in total. The van der Waals surface area contributed by atoms with Crippen molar-refractivity contribution in [1.29, 1.82) is 5.26 Å². The van der Waals surface area contributed by atoms with Gasteiger partial charge in [-0.15, -0.1) is 0 Å². The molecule has 0 bridgehead atoms. The van der Waals surface area contributed by atoms with Gasteiger partial charge >= 0.3 is 0 Å². The minimum atomic E-state index is 0.646. The average molecular weight is 293 g/mol. The predicted octanol–water partition coefficient (Wildman–Crippen LogP) is 4.64. The van der Waals surface area contributed by atoms with Gasteiger partial charge in [0, 0.05) is 9.50 Å². The molecule has 0 aliphatic carbocycles. The second-order valence-electron chi connectivity index (χ2n) is 3.31. The summed E-state index contributed by atoms with van der Waals surface area (Å²) >= 11 is 9.31. The fraction of sp³-hybridized carbons (Fsp3) is 0. The van der Waals surface area contributed by atoms with E-state index in [1.807, 2.05) is 36.4 Å². The van der Waals surface area contributed by atoms with Crippen molar-refractivity contribution in [2.24, 2.45) is 0 Å². The Hall–Kier alpha value is -1.30. The molecule has 0 heterocycles. The van der Waals surface area contributed by atoms with Gasteiger partial charge in [-0.3, -0.25) is 0 Å². The van der Waals surface area contributed by atoms with Crippen LogP contribution in [0.2, 0.25) is 5.02 Å². The van der Waals surface area contributed by atoms with Gasteiger partial charge < -0.3 is 0 Å². The van der Waals surface area contributed by atoms with Gasteiger partial charge in [-0.2, -0.15) is 5.26 Å². The molecular formula is C13H7BrClN. The summed E-state index contributed by atoms with van der Waals surface area (Å²) in [7, 11) is 0. The number of halogens is 2. The van der Waals surface area contributed by atoms with Crippen LogP contribution in [0.4, 0.5) is 0 Å². The molecular weight excluding hydrogens is 286 g/mol. The SMILES string of the molecule is N#Cc1ccc(Br)c(-c2ccc(Cl)cc2)c1. The molecule has 0 atom stereocenters. The van der Waals surface area contributed by atoms with Crippen molar-refractivity contribution in [3.05, 3.63) is 57.5 Å². The smallest absolute Gasteiger partial charge is 0.0991 e. The Balaban J connectivity index is 2.55. The quantitative estimate of drug-likeness (QED) is 0.751. The Morgan fingerprint density at radius 3 is 2.38 bits per heavy atom. The summed E-state index contributed by atoms with van der Waals surface area (Å²) in [4.78, 5) is 0. The summed E-state index contributed by atoms with van der Waals surface area (Å²) in [6.45, 7) is 0. The van der Waals surface area contributed by atoms with Gasteiger partial charge in [0.05, 0.1) is 11.6 Å². The Morgan fingerprint density at radius 1 is 1.06 bits per heavy atom. The van der Waals surface area contributed by atoms with Crippen molar-refractivity contribution in [2.45, 2.75) is 0 Å². The molecule has 0 saturated carbocycles. The first-order chi connectivity index (χ1) is 7.70. The number of hydrogen-bond acceptors (Lipinski definition) is 1. The molecule has 0 unspecified atom stereocenters. The number of nitriles is 1. The highest BCUT2D eigenvalue weighted by molar-refractivity contribution is 9.10. The van der Waals surface area contributed by atoms with Gasteiger partial charge in [-0.25, -0.2) is 0 Å². The summed E-state index contributed by atoms with van der Waals surface area (Å²) in [6.07, 6.45) is 0. The van der Waals surface area contributed by atoms with Crippen LogP contribution < -0.4 is 0 Å². The maximum Gasteiger partial charge on any atom is 0.0991 e. The molecule has 1 nitrogen and oxygen atoms in total. The van der Waals surface area contributed by atoms with Crippen LogP contribution in [0.5, 0.6) is 0 Å². The van der Waals surface area contributed by atoms with Crippen molar-refractivity contribution in [1.82, 2.24) is 0 Å². The molecule has 3 heteroatoms. The van der Waals surface area contributed by atoms with Crippen LogP contribution in [0.3, 0.4) is 0 Å². The zero-order chi connectivity index (χ0) is 11.5. The van der Waals surface area contributed by atoms with E-state index in [2.05, 4.69) is 22.0 Å². The third-order valence-electron chi connectivity index (χ3n) is 2.25. The monoisotopic (exact) mass is 291 g/mol. The maximum absolute atomic E-state index is 8.86. The summed E-state index contributed by atoms with van der Waals surface area (Å²) < 4.78 is 0.967. The van der Waals surface area contributed by atoms with Gasteiger partial charge in [0.15, 0.2) is 0 Å². The van der Waals surface area contributed by atoms with E-state index in [9.17, 15) is 0 Å². The van der Waals surface area contributed by atoms with Crippen LogP contribution in [-0.4, -0.2) is 0 Å². The number of benzene rings is 2. The highest BCUT2D eigenvalue weighted by Crippen LogP contribution is 2.29. The molecule has 0 aliphatic rings. The zero-order valence-corrected chi connectivity index (χ0v) is 10.6. The molecule has 0 aromatic heterocycles. The van der Waals surface area contributed by atoms with E-state index in [1.165, 1.54) is 0 Å². The molecule has 0 amide bonds. The van der Waals surface area contributed by atoms with Crippen LogP contribution >= 0.6 is 27.5 Å². The lowest BCUT2D eigenvalue weighted by Crippen LogP contribution is -1.82. The molecule has 78 valence electrons. The fourth-order valence-corrected chi connectivity index (χ4v) is 2.05. The Kier molecular flexibility index (Phi) is 3.28. The second kappa shape index (κ2) is 4.69. The van der Waals surface area contributed by atoms with E-state index in [-0.39, 0.29) is 0 Å². The van der Waals surface area contributed by atoms with Crippen molar-refractivity contribution in [3.8, 4) is 17.2 Å². The summed E-state index contributed by atoms with van der Waals surface area (Å²) in [5, 5.41) is 9.56. The van der Waals surface area contributed by atoms with Gasteiger partial charge in [0.25, 0.3) is 0 Å². The minimum absolute atomic E-state index is 0.646. The van der Waals surface area contributed by atoms with Crippen molar-refractivity contribution in [3.63, 3.8) is 0 Å². The van der Waals surface area contributed by atoms with Crippen LogP contribution in [0.1, 0.15) is 5.56 Å². The first-order valence-electron chi connectivity index (χ1n) is 4.66. The molecule has 2 aromatic rings. The highest BCUT2D eigenvalue weighted by atomic mass is 79.9. The van der Waals surface area contributed by atoms with Gasteiger partial charge in [-0.05, 0) is 41.5 Å². The van der Waals surface area contributed by atoms with E-state index in [0.29, 0.717) is 10.6 Å². The maximum atomic E-state index is 8.86. The molecule has 0 aliphatic heterocycles. The zero-order valence-electron chi connectivity index (χ0n) is 8.24. The summed E-state index contributed by atoms with van der Waals surface area (Å²) in [5.41, 5.74) is 2.68. The standard InChI is InChI=1S/C13H7BrClN/c14-13-6-1-9(8-16)7-12(13)10-2-4-11(15)5-3-10/h1-7H. The first-order valence-corrected chi connectivity index (χ1v) is 5.83. The largest absolute Gasteiger partial charge is 0.192 e. The van der Waals surface area contributed by atoms with Crippen molar-refractivity contribution >= 4 is 27.5 Å². The van der Waals surface area contributed by atoms with Crippen molar-refractivity contribution in [2.75, 3.05) is 0 Å². The van der Waals surface area contributed by atoms with E-state index in [4.69, 9.17) is 16.9 Å². The third kappa shape index (κ3) is 2.27. The molecule has 0 fully saturated rings. The fourth-order valence-electron chi connectivity index (χ4n) is 1.45. The van der Waals surface area contributed by atoms with Crippen molar-refractivity contribution < 1.29 is 0 Å². The molecule has 0 radical (unpaired) electrons. The first kappa shape index (κ1) is 11.2.